The molecule has 0 amide bonds. The molecule has 4 aromatic rings. The van der Waals surface area contributed by atoms with E-state index in [1.165, 1.54) is 52.0 Å². The van der Waals surface area contributed by atoms with Crippen LogP contribution in [0.3, 0.4) is 0 Å². The maximum atomic E-state index is 13.4. The van der Waals surface area contributed by atoms with Gasteiger partial charge in [0.2, 0.25) is 5.16 Å². The molecule has 26 heavy (non-hydrogen) atoms. The first-order valence-corrected chi connectivity index (χ1v) is 9.43. The number of hydrogen-bond donors (Lipinski definition) is 0. The number of thiazole rings is 1. The highest BCUT2D eigenvalue weighted by molar-refractivity contribution is 7.98. The highest BCUT2D eigenvalue weighted by atomic mass is 32.2. The van der Waals surface area contributed by atoms with Crippen molar-refractivity contribution in [2.45, 2.75) is 10.9 Å². The fourth-order valence-electron chi connectivity index (χ4n) is 2.28. The second kappa shape index (κ2) is 7.30. The number of hydrogen-bond acceptors (Lipinski definition) is 6. The third-order valence-electron chi connectivity index (χ3n) is 3.49. The first kappa shape index (κ1) is 16.8. The Labute approximate surface area is 155 Å². The average molecular weight is 387 g/mol. The van der Waals surface area contributed by atoms with Gasteiger partial charge in [-0.3, -0.25) is 0 Å². The molecule has 0 aliphatic heterocycles. The van der Waals surface area contributed by atoms with Crippen LogP contribution in [-0.2, 0) is 5.75 Å². The van der Waals surface area contributed by atoms with E-state index >= 15 is 0 Å². The second-order valence-corrected chi connectivity index (χ2v) is 7.09. The number of rotatable bonds is 5. The summed E-state index contributed by atoms with van der Waals surface area (Å²) in [7, 11) is 0. The Bertz CT molecular complexity index is 1030. The molecule has 0 unspecified atom stereocenters. The van der Waals surface area contributed by atoms with Gasteiger partial charge in [-0.25, -0.2) is 13.8 Å². The van der Waals surface area contributed by atoms with E-state index < -0.39 is 0 Å². The van der Waals surface area contributed by atoms with Crippen molar-refractivity contribution in [3.05, 3.63) is 71.2 Å². The summed E-state index contributed by atoms with van der Waals surface area (Å²) in [6, 6.07) is 12.3. The number of aromatic nitrogens is 5. The Hall–Kier alpha value is -2.65. The zero-order valence-corrected chi connectivity index (χ0v) is 14.8. The molecule has 2 aromatic carbocycles. The first-order valence-electron chi connectivity index (χ1n) is 7.56. The molecule has 0 aliphatic carbocycles. The molecule has 0 atom stereocenters. The standard InChI is InChI=1S/C17H11F2N5S2/c18-12-6-4-11(5-7-12)16-20-14(9-25-16)10-26-17-21-22-23-24(17)15-3-1-2-13(19)8-15/h1-9H,10H2. The maximum Gasteiger partial charge on any atom is 0.214 e. The molecule has 130 valence electrons. The van der Waals surface area contributed by atoms with Gasteiger partial charge in [0.25, 0.3) is 0 Å². The van der Waals surface area contributed by atoms with Gasteiger partial charge in [-0.15, -0.1) is 16.4 Å². The summed E-state index contributed by atoms with van der Waals surface area (Å²) in [6.07, 6.45) is 0. The third-order valence-corrected chi connectivity index (χ3v) is 5.38. The number of tetrazole rings is 1. The van der Waals surface area contributed by atoms with Crippen molar-refractivity contribution in [1.82, 2.24) is 25.2 Å². The van der Waals surface area contributed by atoms with Crippen LogP contribution >= 0.6 is 23.1 Å². The van der Waals surface area contributed by atoms with E-state index in [1.807, 2.05) is 5.38 Å². The van der Waals surface area contributed by atoms with Crippen LogP contribution in [0.15, 0.2) is 59.1 Å². The average Bonchev–Trinajstić information content (AvgIpc) is 3.30. The number of nitrogens with zero attached hydrogens (tertiary/aromatic N) is 5. The zero-order chi connectivity index (χ0) is 17.9. The minimum Gasteiger partial charge on any atom is -0.240 e. The van der Waals surface area contributed by atoms with Crippen LogP contribution in [0.2, 0.25) is 0 Å². The highest BCUT2D eigenvalue weighted by Crippen LogP contribution is 2.28. The quantitative estimate of drug-likeness (QED) is 0.476. The van der Waals surface area contributed by atoms with Crippen LogP contribution < -0.4 is 0 Å². The van der Waals surface area contributed by atoms with E-state index in [1.54, 1.807) is 24.3 Å². The van der Waals surface area contributed by atoms with Crippen molar-refractivity contribution in [1.29, 1.82) is 0 Å². The van der Waals surface area contributed by atoms with Crippen molar-refractivity contribution in [2.24, 2.45) is 0 Å². The van der Waals surface area contributed by atoms with Crippen LogP contribution in [0.5, 0.6) is 0 Å². The smallest absolute Gasteiger partial charge is 0.214 e. The third kappa shape index (κ3) is 3.63. The molecule has 0 N–H and O–H groups in total. The van der Waals surface area contributed by atoms with Gasteiger partial charge in [0.15, 0.2) is 0 Å². The highest BCUT2D eigenvalue weighted by Gasteiger charge is 2.12. The van der Waals surface area contributed by atoms with Gasteiger partial charge in [-0.05, 0) is 52.9 Å². The molecule has 0 bridgehead atoms. The molecular weight excluding hydrogens is 376 g/mol. The molecule has 0 fully saturated rings. The lowest BCUT2D eigenvalue weighted by molar-refractivity contribution is 0.623. The summed E-state index contributed by atoms with van der Waals surface area (Å²) >= 11 is 2.90. The van der Waals surface area contributed by atoms with Crippen LogP contribution in [0.4, 0.5) is 8.78 Å². The SMILES string of the molecule is Fc1ccc(-c2nc(CSc3nnnn3-c3cccc(F)c3)cs2)cc1. The lowest BCUT2D eigenvalue weighted by atomic mass is 10.2. The van der Waals surface area contributed by atoms with Gasteiger partial charge >= 0.3 is 0 Å². The van der Waals surface area contributed by atoms with E-state index in [-0.39, 0.29) is 11.6 Å². The Morgan fingerprint density at radius 1 is 1.04 bits per heavy atom. The van der Waals surface area contributed by atoms with E-state index in [2.05, 4.69) is 20.5 Å². The summed E-state index contributed by atoms with van der Waals surface area (Å²) < 4.78 is 27.9. The van der Waals surface area contributed by atoms with E-state index in [9.17, 15) is 8.78 Å². The Kier molecular flexibility index (Phi) is 4.72. The van der Waals surface area contributed by atoms with Gasteiger partial charge in [0.05, 0.1) is 11.4 Å². The minimum absolute atomic E-state index is 0.273. The van der Waals surface area contributed by atoms with E-state index in [0.717, 1.165) is 16.3 Å². The summed E-state index contributed by atoms with van der Waals surface area (Å²) in [5, 5.41) is 14.9. The van der Waals surface area contributed by atoms with Crippen LogP contribution in [0, 0.1) is 11.6 Å². The van der Waals surface area contributed by atoms with Gasteiger partial charge < -0.3 is 0 Å². The van der Waals surface area contributed by atoms with Gasteiger partial charge in [-0.2, -0.15) is 4.68 Å². The number of benzene rings is 2. The van der Waals surface area contributed by atoms with Crippen molar-refractivity contribution in [2.75, 3.05) is 0 Å². The molecule has 4 rings (SSSR count). The lowest BCUT2D eigenvalue weighted by Gasteiger charge is -2.03. The van der Waals surface area contributed by atoms with Crippen LogP contribution in [-0.4, -0.2) is 25.2 Å². The fourth-order valence-corrected chi connectivity index (χ4v) is 3.99. The van der Waals surface area contributed by atoms with Crippen molar-refractivity contribution >= 4 is 23.1 Å². The van der Waals surface area contributed by atoms with Gasteiger partial charge in [0.1, 0.15) is 16.6 Å². The Morgan fingerprint density at radius 2 is 1.88 bits per heavy atom. The Morgan fingerprint density at radius 3 is 2.69 bits per heavy atom. The maximum absolute atomic E-state index is 13.4. The van der Waals surface area contributed by atoms with Gasteiger partial charge in [0, 0.05) is 16.7 Å². The predicted octanol–water partition coefficient (Wildman–Crippen LogP) is 4.36. The van der Waals surface area contributed by atoms with Crippen LogP contribution in [0.1, 0.15) is 5.69 Å². The molecule has 0 spiro atoms. The monoisotopic (exact) mass is 387 g/mol. The van der Waals surface area contributed by atoms with Crippen molar-refractivity contribution in [3.63, 3.8) is 0 Å². The van der Waals surface area contributed by atoms with Gasteiger partial charge in [-0.1, -0.05) is 17.8 Å². The van der Waals surface area contributed by atoms with Crippen molar-refractivity contribution in [3.8, 4) is 16.3 Å². The summed E-state index contributed by atoms with van der Waals surface area (Å²) in [5.74, 6) is -0.0597. The molecule has 0 radical (unpaired) electrons. The lowest BCUT2D eigenvalue weighted by Crippen LogP contribution is -1.99. The number of halogens is 2. The van der Waals surface area contributed by atoms with Crippen LogP contribution in [0.25, 0.3) is 16.3 Å². The number of thioether (sulfide) groups is 1. The molecule has 2 aromatic heterocycles. The first-order chi connectivity index (χ1) is 12.7. The topological polar surface area (TPSA) is 56.5 Å². The molecule has 0 saturated heterocycles. The fraction of sp³-hybridized carbons (Fsp3) is 0.0588. The summed E-state index contributed by atoms with van der Waals surface area (Å²) in [6.45, 7) is 0. The summed E-state index contributed by atoms with van der Waals surface area (Å²) in [4.78, 5) is 4.56. The summed E-state index contributed by atoms with van der Waals surface area (Å²) in [5.41, 5.74) is 2.30. The Balaban J connectivity index is 1.49. The van der Waals surface area contributed by atoms with E-state index in [4.69, 9.17) is 0 Å². The second-order valence-electron chi connectivity index (χ2n) is 5.29. The molecule has 2 heterocycles. The predicted molar refractivity (Wildman–Crippen MR) is 96.2 cm³/mol. The molecule has 5 nitrogen and oxygen atoms in total. The minimum atomic E-state index is -0.350. The van der Waals surface area contributed by atoms with Crippen molar-refractivity contribution < 1.29 is 8.78 Å². The molecule has 0 saturated carbocycles. The normalized spacial score (nSPS) is 11.0. The largest absolute Gasteiger partial charge is 0.240 e. The zero-order valence-electron chi connectivity index (χ0n) is 13.2. The van der Waals surface area contributed by atoms with E-state index in [0.29, 0.717) is 16.6 Å². The molecule has 0 aliphatic rings. The molecular formula is C17H11F2N5S2. The molecule has 9 heteroatoms.